The highest BCUT2D eigenvalue weighted by Crippen LogP contribution is 2.37. The fourth-order valence-corrected chi connectivity index (χ4v) is 3.77. The van der Waals surface area contributed by atoms with E-state index >= 15 is 0 Å². The van der Waals surface area contributed by atoms with Crippen molar-refractivity contribution in [2.24, 2.45) is 0 Å². The Labute approximate surface area is 177 Å². The van der Waals surface area contributed by atoms with Gasteiger partial charge in [0.1, 0.15) is 12.4 Å². The fraction of sp³-hybridized carbons (Fsp3) is 0.130. The lowest BCUT2D eigenvalue weighted by Crippen LogP contribution is -2.39. The van der Waals surface area contributed by atoms with Crippen LogP contribution in [-0.4, -0.2) is 28.2 Å². The van der Waals surface area contributed by atoms with Gasteiger partial charge in [-0.15, -0.1) is 0 Å². The summed E-state index contributed by atoms with van der Waals surface area (Å²) in [4.78, 5) is 38.2. The van der Waals surface area contributed by atoms with Gasteiger partial charge in [0.05, 0.1) is 11.0 Å². The normalized spacial score (nSPS) is 15.6. The highest BCUT2D eigenvalue weighted by Gasteiger charge is 2.34. The lowest BCUT2D eigenvalue weighted by Gasteiger charge is -2.30. The van der Waals surface area contributed by atoms with Crippen LogP contribution in [0.25, 0.3) is 0 Å². The molecule has 4 rings (SSSR count). The molecule has 1 N–H and O–H groups in total. The summed E-state index contributed by atoms with van der Waals surface area (Å²) < 4.78 is 14.2. The summed E-state index contributed by atoms with van der Waals surface area (Å²) in [6.07, 6.45) is 0. The van der Waals surface area contributed by atoms with Gasteiger partial charge < -0.3 is 10.2 Å². The van der Waals surface area contributed by atoms with Gasteiger partial charge in [0.25, 0.3) is 11.6 Å². The van der Waals surface area contributed by atoms with E-state index < -0.39 is 28.6 Å². The number of anilines is 1. The number of hydrogen-bond donors (Lipinski definition) is 1. The maximum absolute atomic E-state index is 14.2. The molecule has 1 heterocycles. The second kappa shape index (κ2) is 7.98. The Morgan fingerprint density at radius 2 is 1.87 bits per heavy atom. The van der Waals surface area contributed by atoms with Crippen LogP contribution in [0.1, 0.15) is 33.1 Å². The van der Waals surface area contributed by atoms with Gasteiger partial charge >= 0.3 is 0 Å². The number of rotatable bonds is 3. The second-order valence-corrected chi connectivity index (χ2v) is 7.28. The third-order valence-electron chi connectivity index (χ3n) is 5.24. The molecule has 2 amide bonds. The Bertz CT molecular complexity index is 1200. The van der Waals surface area contributed by atoms with Crippen molar-refractivity contribution in [3.63, 3.8) is 0 Å². The Balaban J connectivity index is 1.88. The van der Waals surface area contributed by atoms with E-state index in [1.54, 1.807) is 31.2 Å². The molecule has 0 aromatic heterocycles. The van der Waals surface area contributed by atoms with Gasteiger partial charge in [-0.1, -0.05) is 36.4 Å². The van der Waals surface area contributed by atoms with Crippen LogP contribution >= 0.6 is 0 Å². The second-order valence-electron chi connectivity index (χ2n) is 7.28. The van der Waals surface area contributed by atoms with Crippen molar-refractivity contribution in [1.82, 2.24) is 4.90 Å². The summed E-state index contributed by atoms with van der Waals surface area (Å²) in [6.45, 7) is 1.29. The number of nitro groups is 1. The Morgan fingerprint density at radius 3 is 2.58 bits per heavy atom. The van der Waals surface area contributed by atoms with Gasteiger partial charge in [-0.2, -0.15) is 0 Å². The predicted molar refractivity (Wildman–Crippen MR) is 112 cm³/mol. The summed E-state index contributed by atoms with van der Waals surface area (Å²) in [6, 6.07) is 16.4. The van der Waals surface area contributed by atoms with Crippen molar-refractivity contribution >= 4 is 23.2 Å². The summed E-state index contributed by atoms with van der Waals surface area (Å²) in [7, 11) is 0. The fourth-order valence-electron chi connectivity index (χ4n) is 3.77. The number of amides is 2. The molecule has 1 aliphatic heterocycles. The van der Waals surface area contributed by atoms with Crippen molar-refractivity contribution in [3.05, 3.63) is 105 Å². The molecule has 0 saturated heterocycles. The predicted octanol–water partition coefficient (Wildman–Crippen LogP) is 4.23. The molecule has 3 aromatic carbocycles. The van der Waals surface area contributed by atoms with E-state index in [-0.39, 0.29) is 17.8 Å². The summed E-state index contributed by atoms with van der Waals surface area (Å²) in [5.41, 5.74) is 1.82. The third-order valence-corrected chi connectivity index (χ3v) is 5.24. The first-order valence-electron chi connectivity index (χ1n) is 9.55. The molecule has 31 heavy (non-hydrogen) atoms. The molecule has 7 nitrogen and oxygen atoms in total. The minimum absolute atomic E-state index is 0.0749. The number of carbonyl (C=O) groups is 2. The largest absolute Gasteiger partial charge is 0.324 e. The molecule has 156 valence electrons. The highest BCUT2D eigenvalue weighted by atomic mass is 19.1. The molecular formula is C23H18FN3O4. The molecular weight excluding hydrogens is 401 g/mol. The molecule has 0 saturated carbocycles. The zero-order valence-electron chi connectivity index (χ0n) is 16.5. The van der Waals surface area contributed by atoms with Crippen LogP contribution < -0.4 is 5.32 Å². The first kappa shape index (κ1) is 20.2. The smallest absolute Gasteiger partial charge is 0.273 e. The minimum atomic E-state index is -0.765. The third kappa shape index (κ3) is 3.87. The molecule has 3 aromatic rings. The van der Waals surface area contributed by atoms with Crippen molar-refractivity contribution in [2.75, 3.05) is 11.9 Å². The number of carbonyl (C=O) groups excluding carboxylic acids is 2. The molecule has 1 atom stereocenters. The standard InChI is InChI=1S/C23H18FN3O4/c1-14-7-8-16(11-20(14)27(30)31)23(29)26-13-21(28)25-19-10-9-17(24)12-18(19)22(26)15-5-3-2-4-6-15/h2-12,22H,13H2,1H3,(H,25,28)/t22-/m1/s1. The maximum atomic E-state index is 14.2. The van der Waals surface area contributed by atoms with Gasteiger partial charge in [-0.3, -0.25) is 19.7 Å². The number of nitrogens with one attached hydrogen (secondary N) is 1. The molecule has 1 aliphatic rings. The van der Waals surface area contributed by atoms with Crippen LogP contribution in [-0.2, 0) is 4.79 Å². The van der Waals surface area contributed by atoms with Crippen LogP contribution in [0.4, 0.5) is 15.8 Å². The zero-order chi connectivity index (χ0) is 22.1. The van der Waals surface area contributed by atoms with Crippen LogP contribution in [0.15, 0.2) is 66.7 Å². The summed E-state index contributed by atoms with van der Waals surface area (Å²) in [5.74, 6) is -1.51. The maximum Gasteiger partial charge on any atom is 0.273 e. The number of benzene rings is 3. The molecule has 8 heteroatoms. The Morgan fingerprint density at radius 1 is 1.13 bits per heavy atom. The first-order chi connectivity index (χ1) is 14.8. The lowest BCUT2D eigenvalue weighted by atomic mass is 9.95. The van der Waals surface area contributed by atoms with Crippen molar-refractivity contribution in [3.8, 4) is 0 Å². The van der Waals surface area contributed by atoms with Crippen molar-refractivity contribution in [2.45, 2.75) is 13.0 Å². The average Bonchev–Trinajstić information content (AvgIpc) is 2.89. The summed E-state index contributed by atoms with van der Waals surface area (Å²) >= 11 is 0. The van der Waals surface area contributed by atoms with E-state index in [2.05, 4.69) is 5.32 Å². The zero-order valence-corrected chi connectivity index (χ0v) is 16.5. The van der Waals surface area contributed by atoms with E-state index in [1.807, 2.05) is 6.07 Å². The molecule has 0 unspecified atom stereocenters. The summed E-state index contributed by atoms with van der Waals surface area (Å²) in [5, 5.41) is 14.1. The molecule has 0 radical (unpaired) electrons. The number of nitrogens with zero attached hydrogens (tertiary/aromatic N) is 2. The van der Waals surface area contributed by atoms with Gasteiger partial charge in [0.2, 0.25) is 5.91 Å². The minimum Gasteiger partial charge on any atom is -0.324 e. The first-order valence-corrected chi connectivity index (χ1v) is 9.55. The quantitative estimate of drug-likeness (QED) is 0.508. The number of halogens is 1. The van der Waals surface area contributed by atoms with E-state index in [0.29, 0.717) is 22.4 Å². The van der Waals surface area contributed by atoms with Crippen LogP contribution in [0.3, 0.4) is 0 Å². The van der Waals surface area contributed by atoms with Gasteiger partial charge in [0.15, 0.2) is 0 Å². The molecule has 0 aliphatic carbocycles. The topological polar surface area (TPSA) is 92.6 Å². The van der Waals surface area contributed by atoms with Crippen molar-refractivity contribution in [1.29, 1.82) is 0 Å². The van der Waals surface area contributed by atoms with E-state index in [1.165, 1.54) is 41.3 Å². The van der Waals surface area contributed by atoms with E-state index in [9.17, 15) is 24.1 Å². The van der Waals surface area contributed by atoms with E-state index in [4.69, 9.17) is 0 Å². The molecule has 0 bridgehead atoms. The Kier molecular flexibility index (Phi) is 5.21. The average molecular weight is 419 g/mol. The van der Waals surface area contributed by atoms with Crippen LogP contribution in [0.5, 0.6) is 0 Å². The van der Waals surface area contributed by atoms with E-state index in [0.717, 1.165) is 0 Å². The monoisotopic (exact) mass is 419 g/mol. The highest BCUT2D eigenvalue weighted by molar-refractivity contribution is 6.01. The van der Waals surface area contributed by atoms with Crippen LogP contribution in [0, 0.1) is 22.9 Å². The SMILES string of the molecule is Cc1ccc(C(=O)N2CC(=O)Nc3ccc(F)cc3[C@H]2c2ccccc2)cc1[N+](=O)[O-]. The Hall–Kier alpha value is -4.07. The number of aryl methyl sites for hydroxylation is 1. The van der Waals surface area contributed by atoms with Crippen LogP contribution in [0.2, 0.25) is 0 Å². The van der Waals surface area contributed by atoms with Gasteiger partial charge in [0, 0.05) is 28.4 Å². The molecule has 0 spiro atoms. The van der Waals surface area contributed by atoms with Gasteiger partial charge in [-0.05, 0) is 36.8 Å². The number of fused-ring (bicyclic) bond motifs is 1. The van der Waals surface area contributed by atoms with Gasteiger partial charge in [-0.25, -0.2) is 4.39 Å². The molecule has 0 fully saturated rings. The number of hydrogen-bond acceptors (Lipinski definition) is 4. The lowest BCUT2D eigenvalue weighted by molar-refractivity contribution is -0.385. The number of nitro benzene ring substituents is 1. The van der Waals surface area contributed by atoms with Crippen molar-refractivity contribution < 1.29 is 18.9 Å².